The van der Waals surface area contributed by atoms with Gasteiger partial charge in [0, 0.05) is 35.6 Å². The molecule has 0 radical (unpaired) electrons. The van der Waals surface area contributed by atoms with Crippen LogP contribution in [0.25, 0.3) is 0 Å². The van der Waals surface area contributed by atoms with Gasteiger partial charge in [0.15, 0.2) is 0 Å². The molecule has 142 valence electrons. The van der Waals surface area contributed by atoms with Gasteiger partial charge in [-0.3, -0.25) is 9.98 Å². The van der Waals surface area contributed by atoms with Crippen LogP contribution >= 0.6 is 0 Å². The fraction of sp³-hybridized carbons (Fsp3) is 0.409. The fourth-order valence-electron chi connectivity index (χ4n) is 3.10. The SMILES string of the molecule is CC(C)(C)NC(=O)OCCc1ccc(/N=C2\CCCc3cnccc32)cc1. The van der Waals surface area contributed by atoms with Crippen molar-refractivity contribution in [1.29, 1.82) is 0 Å². The van der Waals surface area contributed by atoms with Gasteiger partial charge in [0.1, 0.15) is 0 Å². The van der Waals surface area contributed by atoms with Crippen LogP contribution in [-0.2, 0) is 17.6 Å². The summed E-state index contributed by atoms with van der Waals surface area (Å²) in [6, 6.07) is 10.2. The Balaban J connectivity index is 1.58. The third-order valence-electron chi connectivity index (χ3n) is 4.38. The number of pyridine rings is 1. The van der Waals surface area contributed by atoms with Crippen molar-refractivity contribution in [2.75, 3.05) is 6.61 Å². The van der Waals surface area contributed by atoms with Crippen LogP contribution in [-0.4, -0.2) is 28.9 Å². The monoisotopic (exact) mass is 365 g/mol. The van der Waals surface area contributed by atoms with Gasteiger partial charge in [0.05, 0.1) is 12.3 Å². The smallest absolute Gasteiger partial charge is 0.407 e. The maximum absolute atomic E-state index is 11.7. The number of benzene rings is 1. The number of nitrogens with one attached hydrogen (secondary N) is 1. The number of alkyl carbamates (subject to hydrolysis) is 1. The van der Waals surface area contributed by atoms with Crippen LogP contribution in [0.15, 0.2) is 47.7 Å². The summed E-state index contributed by atoms with van der Waals surface area (Å²) >= 11 is 0. The van der Waals surface area contributed by atoms with Gasteiger partial charge in [-0.2, -0.15) is 0 Å². The lowest BCUT2D eigenvalue weighted by molar-refractivity contribution is 0.139. The minimum Gasteiger partial charge on any atom is -0.449 e. The third kappa shape index (κ3) is 5.64. The number of ether oxygens (including phenoxy) is 1. The van der Waals surface area contributed by atoms with E-state index in [1.165, 1.54) is 11.1 Å². The quantitative estimate of drug-likeness (QED) is 0.861. The maximum atomic E-state index is 11.7. The van der Waals surface area contributed by atoms with E-state index in [-0.39, 0.29) is 11.6 Å². The van der Waals surface area contributed by atoms with E-state index in [1.54, 1.807) is 0 Å². The minimum absolute atomic E-state index is 0.286. The number of carbonyl (C=O) groups excluding carboxylic acids is 1. The number of hydrogen-bond acceptors (Lipinski definition) is 4. The summed E-state index contributed by atoms with van der Waals surface area (Å²) < 4.78 is 5.23. The summed E-state index contributed by atoms with van der Waals surface area (Å²) in [4.78, 5) is 20.7. The van der Waals surface area contributed by atoms with Gasteiger partial charge in [-0.05, 0) is 69.4 Å². The van der Waals surface area contributed by atoms with Crippen molar-refractivity contribution in [2.24, 2.45) is 4.99 Å². The topological polar surface area (TPSA) is 63.6 Å². The molecule has 1 amide bonds. The summed E-state index contributed by atoms with van der Waals surface area (Å²) in [5, 5.41) is 2.78. The zero-order valence-electron chi connectivity index (χ0n) is 16.3. The van der Waals surface area contributed by atoms with Gasteiger partial charge in [-0.1, -0.05) is 12.1 Å². The van der Waals surface area contributed by atoms with Crippen LogP contribution in [0.1, 0.15) is 50.3 Å². The van der Waals surface area contributed by atoms with Crippen molar-refractivity contribution in [1.82, 2.24) is 10.3 Å². The Kier molecular flexibility index (Phi) is 5.89. The highest BCUT2D eigenvalue weighted by Gasteiger charge is 2.15. The standard InChI is InChI=1S/C22H27N3O2/c1-22(2,3)25-21(26)27-14-12-16-7-9-18(10-8-16)24-20-6-4-5-17-15-23-13-11-19(17)20/h7-11,13,15H,4-6,12,14H2,1-3H3,(H,25,26)/b24-20+. The number of aryl methyl sites for hydroxylation is 1. The molecule has 0 unspecified atom stereocenters. The molecule has 0 spiro atoms. The largest absolute Gasteiger partial charge is 0.449 e. The molecule has 0 fully saturated rings. The molecule has 2 aromatic rings. The summed E-state index contributed by atoms with van der Waals surface area (Å²) in [6.45, 7) is 6.14. The fourth-order valence-corrected chi connectivity index (χ4v) is 3.10. The molecule has 1 heterocycles. The highest BCUT2D eigenvalue weighted by molar-refractivity contribution is 6.03. The van der Waals surface area contributed by atoms with Gasteiger partial charge in [0.25, 0.3) is 0 Å². The number of hydrogen-bond donors (Lipinski definition) is 1. The van der Waals surface area contributed by atoms with Crippen molar-refractivity contribution in [2.45, 2.75) is 52.0 Å². The van der Waals surface area contributed by atoms with Crippen LogP contribution in [0.4, 0.5) is 10.5 Å². The summed E-state index contributed by atoms with van der Waals surface area (Å²) in [5.41, 5.74) is 5.42. The second kappa shape index (κ2) is 8.33. The van der Waals surface area contributed by atoms with Crippen molar-refractivity contribution in [3.63, 3.8) is 0 Å². The van der Waals surface area contributed by atoms with E-state index in [4.69, 9.17) is 9.73 Å². The lowest BCUT2D eigenvalue weighted by Crippen LogP contribution is -2.41. The normalized spacial score (nSPS) is 15.3. The molecule has 1 N–H and O–H groups in total. The Labute approximate surface area is 160 Å². The molecule has 0 saturated heterocycles. The Morgan fingerprint density at radius 3 is 2.70 bits per heavy atom. The molecule has 0 atom stereocenters. The average molecular weight is 365 g/mol. The molecular weight excluding hydrogens is 338 g/mol. The zero-order valence-corrected chi connectivity index (χ0v) is 16.3. The second-order valence-corrected chi connectivity index (χ2v) is 7.87. The number of carbonyl (C=O) groups is 1. The predicted octanol–water partition coefficient (Wildman–Crippen LogP) is 4.61. The number of amides is 1. The van der Waals surface area contributed by atoms with Crippen molar-refractivity contribution in [3.8, 4) is 0 Å². The van der Waals surface area contributed by atoms with E-state index in [0.717, 1.165) is 36.2 Å². The summed E-state index contributed by atoms with van der Waals surface area (Å²) in [7, 11) is 0. The van der Waals surface area contributed by atoms with E-state index < -0.39 is 0 Å². The molecule has 0 aliphatic heterocycles. The van der Waals surface area contributed by atoms with E-state index in [0.29, 0.717) is 13.0 Å². The first-order chi connectivity index (χ1) is 12.9. The van der Waals surface area contributed by atoms with Gasteiger partial charge in [-0.25, -0.2) is 4.79 Å². The van der Waals surface area contributed by atoms with E-state index >= 15 is 0 Å². The Morgan fingerprint density at radius 2 is 1.96 bits per heavy atom. The molecule has 0 saturated carbocycles. The number of aliphatic imine (C=N–C) groups is 1. The van der Waals surface area contributed by atoms with E-state index in [1.807, 2.05) is 57.4 Å². The lowest BCUT2D eigenvalue weighted by Gasteiger charge is -2.19. The average Bonchev–Trinajstić information content (AvgIpc) is 2.62. The van der Waals surface area contributed by atoms with Gasteiger partial charge in [0.2, 0.25) is 0 Å². The van der Waals surface area contributed by atoms with Gasteiger partial charge in [-0.15, -0.1) is 0 Å². The Morgan fingerprint density at radius 1 is 1.19 bits per heavy atom. The molecule has 1 aliphatic carbocycles. The van der Waals surface area contributed by atoms with Gasteiger partial charge >= 0.3 is 6.09 Å². The number of nitrogens with zero attached hydrogens (tertiary/aromatic N) is 2. The summed E-state index contributed by atoms with van der Waals surface area (Å²) in [6.07, 6.45) is 7.27. The minimum atomic E-state index is -0.379. The number of rotatable bonds is 4. The van der Waals surface area contributed by atoms with E-state index in [2.05, 4.69) is 16.4 Å². The van der Waals surface area contributed by atoms with Crippen LogP contribution in [0, 0.1) is 0 Å². The van der Waals surface area contributed by atoms with Crippen molar-refractivity contribution < 1.29 is 9.53 Å². The number of aromatic nitrogens is 1. The zero-order chi connectivity index (χ0) is 19.3. The Hall–Kier alpha value is -2.69. The van der Waals surface area contributed by atoms with Gasteiger partial charge < -0.3 is 10.1 Å². The van der Waals surface area contributed by atoms with E-state index in [9.17, 15) is 4.79 Å². The molecule has 0 bridgehead atoms. The van der Waals surface area contributed by atoms with Crippen LogP contribution in [0.2, 0.25) is 0 Å². The highest BCUT2D eigenvalue weighted by Crippen LogP contribution is 2.24. The van der Waals surface area contributed by atoms with Crippen LogP contribution < -0.4 is 5.32 Å². The molecular formula is C22H27N3O2. The molecule has 1 aliphatic rings. The lowest BCUT2D eigenvalue weighted by atomic mass is 9.91. The molecule has 1 aromatic carbocycles. The summed E-state index contributed by atoms with van der Waals surface area (Å²) in [5.74, 6) is 0. The molecule has 5 nitrogen and oxygen atoms in total. The van der Waals surface area contributed by atoms with Crippen molar-refractivity contribution in [3.05, 3.63) is 59.4 Å². The highest BCUT2D eigenvalue weighted by atomic mass is 16.5. The van der Waals surface area contributed by atoms with Crippen LogP contribution in [0.3, 0.4) is 0 Å². The van der Waals surface area contributed by atoms with Crippen molar-refractivity contribution >= 4 is 17.5 Å². The first-order valence-electron chi connectivity index (χ1n) is 9.45. The molecule has 3 rings (SSSR count). The molecule has 1 aromatic heterocycles. The molecule has 5 heteroatoms. The molecule has 27 heavy (non-hydrogen) atoms. The maximum Gasteiger partial charge on any atom is 0.407 e. The first-order valence-corrected chi connectivity index (χ1v) is 9.45. The third-order valence-corrected chi connectivity index (χ3v) is 4.38. The van der Waals surface area contributed by atoms with Crippen LogP contribution in [0.5, 0.6) is 0 Å². The Bertz CT molecular complexity index is 820. The first kappa shape index (κ1) is 19.1. The second-order valence-electron chi connectivity index (χ2n) is 7.87. The number of fused-ring (bicyclic) bond motifs is 1. The predicted molar refractivity (Wildman–Crippen MR) is 108 cm³/mol.